The number of hydrogen-bond donors (Lipinski definition) is 2. The number of carbonyl (C=O) groups is 3. The van der Waals surface area contributed by atoms with Crippen molar-refractivity contribution in [3.8, 4) is 0 Å². The number of nitrogens with one attached hydrogen (secondary N) is 2. The summed E-state index contributed by atoms with van der Waals surface area (Å²) in [6.07, 6.45) is 4.92. The zero-order chi connectivity index (χ0) is 16.2. The summed E-state index contributed by atoms with van der Waals surface area (Å²) in [6, 6.07) is -0.378. The van der Waals surface area contributed by atoms with Crippen molar-refractivity contribution in [3.05, 3.63) is 0 Å². The van der Waals surface area contributed by atoms with Gasteiger partial charge in [0.1, 0.15) is 12.1 Å². The van der Waals surface area contributed by atoms with E-state index >= 15 is 0 Å². The van der Waals surface area contributed by atoms with Crippen molar-refractivity contribution in [2.75, 3.05) is 18.1 Å². The highest BCUT2D eigenvalue weighted by atomic mass is 32.2. The fourth-order valence-electron chi connectivity index (χ4n) is 2.89. The van der Waals surface area contributed by atoms with Gasteiger partial charge in [-0.3, -0.25) is 14.5 Å². The number of carbonyl (C=O) groups excluding carboxylic acids is 3. The number of thioether (sulfide) groups is 1. The first kappa shape index (κ1) is 17.1. The van der Waals surface area contributed by atoms with Crippen LogP contribution in [0.2, 0.25) is 0 Å². The standard InChI is InChI=1S/C15H25N3O3S/c1-3-4-5-6-11(2)16-12(19)9-18-13(20)15(17-14(18)21)7-8-22-10-15/h11H,3-10H2,1-2H3,(H,16,19)(H,17,21)/t11-,15-/m0/s1. The Morgan fingerprint density at radius 2 is 2.23 bits per heavy atom. The predicted molar refractivity (Wildman–Crippen MR) is 86.7 cm³/mol. The van der Waals surface area contributed by atoms with Crippen LogP contribution in [0.5, 0.6) is 0 Å². The third-order valence-corrected chi connectivity index (χ3v) is 5.41. The summed E-state index contributed by atoms with van der Waals surface area (Å²) in [6.45, 7) is 3.90. The molecule has 2 rings (SSSR count). The molecule has 0 unspecified atom stereocenters. The number of unbranched alkanes of at least 4 members (excludes halogenated alkanes) is 2. The van der Waals surface area contributed by atoms with Crippen LogP contribution in [-0.2, 0) is 9.59 Å². The van der Waals surface area contributed by atoms with Gasteiger partial charge in [-0.15, -0.1) is 0 Å². The number of urea groups is 1. The first-order valence-electron chi connectivity index (χ1n) is 8.00. The molecule has 2 aliphatic heterocycles. The molecule has 7 heteroatoms. The van der Waals surface area contributed by atoms with E-state index in [-0.39, 0.29) is 24.4 Å². The van der Waals surface area contributed by atoms with Gasteiger partial charge in [-0.2, -0.15) is 11.8 Å². The quantitative estimate of drug-likeness (QED) is 0.549. The highest BCUT2D eigenvalue weighted by Gasteiger charge is 2.53. The largest absolute Gasteiger partial charge is 0.352 e. The van der Waals surface area contributed by atoms with Crippen molar-refractivity contribution < 1.29 is 14.4 Å². The smallest absolute Gasteiger partial charge is 0.325 e. The van der Waals surface area contributed by atoms with Gasteiger partial charge < -0.3 is 10.6 Å². The van der Waals surface area contributed by atoms with Crippen molar-refractivity contribution in [3.63, 3.8) is 0 Å². The van der Waals surface area contributed by atoms with Crippen LogP contribution >= 0.6 is 11.8 Å². The van der Waals surface area contributed by atoms with Crippen LogP contribution in [0.3, 0.4) is 0 Å². The Morgan fingerprint density at radius 3 is 2.86 bits per heavy atom. The highest BCUT2D eigenvalue weighted by molar-refractivity contribution is 7.99. The van der Waals surface area contributed by atoms with Gasteiger partial charge in [-0.05, 0) is 25.5 Å². The topological polar surface area (TPSA) is 78.5 Å². The Balaban J connectivity index is 1.83. The normalized spacial score (nSPS) is 25.6. The molecule has 2 N–H and O–H groups in total. The maximum absolute atomic E-state index is 12.4. The Bertz CT molecular complexity index is 449. The van der Waals surface area contributed by atoms with Gasteiger partial charge in [0.2, 0.25) is 5.91 Å². The summed E-state index contributed by atoms with van der Waals surface area (Å²) in [4.78, 5) is 37.5. The number of rotatable bonds is 7. The fourth-order valence-corrected chi connectivity index (χ4v) is 4.21. The molecule has 4 amide bonds. The third-order valence-electron chi connectivity index (χ3n) is 4.22. The lowest BCUT2D eigenvalue weighted by Gasteiger charge is -2.20. The van der Waals surface area contributed by atoms with Crippen molar-refractivity contribution >= 4 is 29.6 Å². The lowest BCUT2D eigenvalue weighted by molar-refractivity contribution is -0.134. The van der Waals surface area contributed by atoms with E-state index in [0.717, 1.165) is 36.3 Å². The molecule has 0 radical (unpaired) electrons. The second-order valence-corrected chi connectivity index (χ2v) is 7.28. The van der Waals surface area contributed by atoms with Crippen LogP contribution in [0.15, 0.2) is 0 Å². The van der Waals surface area contributed by atoms with E-state index in [1.807, 2.05) is 6.92 Å². The molecule has 2 atom stereocenters. The molecule has 0 aromatic heterocycles. The molecule has 2 saturated heterocycles. The highest BCUT2D eigenvalue weighted by Crippen LogP contribution is 2.33. The van der Waals surface area contributed by atoms with Crippen LogP contribution in [-0.4, -0.2) is 52.4 Å². The zero-order valence-corrected chi connectivity index (χ0v) is 14.1. The minimum Gasteiger partial charge on any atom is -0.352 e. The van der Waals surface area contributed by atoms with Crippen molar-refractivity contribution in [1.29, 1.82) is 0 Å². The van der Waals surface area contributed by atoms with E-state index < -0.39 is 11.6 Å². The lowest BCUT2D eigenvalue weighted by Crippen LogP contribution is -2.48. The predicted octanol–water partition coefficient (Wildman–Crippen LogP) is 1.50. The van der Waals surface area contributed by atoms with Crippen LogP contribution in [0.1, 0.15) is 46.0 Å². The van der Waals surface area contributed by atoms with E-state index in [2.05, 4.69) is 17.6 Å². The Hall–Kier alpha value is -1.24. The molecule has 0 aromatic carbocycles. The molecule has 0 aromatic rings. The van der Waals surface area contributed by atoms with E-state index in [1.165, 1.54) is 0 Å². The third kappa shape index (κ3) is 3.74. The molecule has 6 nitrogen and oxygen atoms in total. The molecule has 0 bridgehead atoms. The van der Waals surface area contributed by atoms with Gasteiger partial charge in [0.15, 0.2) is 0 Å². The minimum atomic E-state index is -0.769. The maximum Gasteiger partial charge on any atom is 0.325 e. The number of amides is 4. The number of imide groups is 1. The van der Waals surface area contributed by atoms with Gasteiger partial charge in [0.05, 0.1) is 0 Å². The van der Waals surface area contributed by atoms with E-state index in [0.29, 0.717) is 12.2 Å². The van der Waals surface area contributed by atoms with E-state index in [1.54, 1.807) is 11.8 Å². The monoisotopic (exact) mass is 327 g/mol. The second-order valence-electron chi connectivity index (χ2n) is 6.17. The van der Waals surface area contributed by atoms with Gasteiger partial charge >= 0.3 is 6.03 Å². The summed E-state index contributed by atoms with van der Waals surface area (Å²) in [5.74, 6) is 0.940. The number of nitrogens with zero attached hydrogens (tertiary/aromatic N) is 1. The lowest BCUT2D eigenvalue weighted by atomic mass is 9.99. The molecular formula is C15H25N3O3S. The molecule has 22 heavy (non-hydrogen) atoms. The first-order valence-corrected chi connectivity index (χ1v) is 9.15. The van der Waals surface area contributed by atoms with Crippen LogP contribution in [0, 0.1) is 0 Å². The van der Waals surface area contributed by atoms with Crippen LogP contribution < -0.4 is 10.6 Å². The molecule has 0 saturated carbocycles. The number of hydrogen-bond acceptors (Lipinski definition) is 4. The Labute approximate surface area is 135 Å². The van der Waals surface area contributed by atoms with Gasteiger partial charge in [-0.1, -0.05) is 26.2 Å². The second kappa shape index (κ2) is 7.35. The van der Waals surface area contributed by atoms with E-state index in [4.69, 9.17) is 0 Å². The van der Waals surface area contributed by atoms with Crippen molar-refractivity contribution in [2.45, 2.75) is 57.5 Å². The Kier molecular flexibility index (Phi) is 5.72. The minimum absolute atomic E-state index is 0.0656. The summed E-state index contributed by atoms with van der Waals surface area (Å²) >= 11 is 1.66. The molecule has 0 aliphatic carbocycles. The average molecular weight is 327 g/mol. The Morgan fingerprint density at radius 1 is 1.45 bits per heavy atom. The summed E-state index contributed by atoms with van der Waals surface area (Å²) in [5.41, 5.74) is -0.769. The molecular weight excluding hydrogens is 302 g/mol. The fraction of sp³-hybridized carbons (Fsp3) is 0.800. The molecule has 1 spiro atoms. The SMILES string of the molecule is CCCCC[C@H](C)NC(=O)CN1C(=O)N[C@]2(CCSC2)C1=O. The summed E-state index contributed by atoms with van der Waals surface area (Å²) in [7, 11) is 0. The van der Waals surface area contributed by atoms with Gasteiger partial charge in [0.25, 0.3) is 5.91 Å². The van der Waals surface area contributed by atoms with Crippen molar-refractivity contribution in [2.24, 2.45) is 0 Å². The molecule has 2 heterocycles. The maximum atomic E-state index is 12.4. The van der Waals surface area contributed by atoms with Gasteiger partial charge in [0, 0.05) is 11.8 Å². The van der Waals surface area contributed by atoms with Crippen LogP contribution in [0.4, 0.5) is 4.79 Å². The zero-order valence-electron chi connectivity index (χ0n) is 13.3. The van der Waals surface area contributed by atoms with Gasteiger partial charge in [-0.25, -0.2) is 4.79 Å². The van der Waals surface area contributed by atoms with Crippen LogP contribution in [0.25, 0.3) is 0 Å². The molecule has 2 fully saturated rings. The average Bonchev–Trinajstić information content (AvgIpc) is 3.01. The molecule has 124 valence electrons. The first-order chi connectivity index (χ1) is 10.5. The van der Waals surface area contributed by atoms with E-state index in [9.17, 15) is 14.4 Å². The summed E-state index contributed by atoms with van der Waals surface area (Å²) < 4.78 is 0. The summed E-state index contributed by atoms with van der Waals surface area (Å²) in [5, 5.41) is 5.63. The molecule has 2 aliphatic rings. The van der Waals surface area contributed by atoms with Crippen molar-refractivity contribution in [1.82, 2.24) is 15.5 Å².